The number of guanidine groups is 1. The lowest BCUT2D eigenvalue weighted by Crippen LogP contribution is -2.43. The number of thioether (sulfide) groups is 1. The highest BCUT2D eigenvalue weighted by Crippen LogP contribution is 2.22. The van der Waals surface area contributed by atoms with E-state index in [1.165, 1.54) is 22.0 Å². The summed E-state index contributed by atoms with van der Waals surface area (Å²) in [7, 11) is 1.82. The summed E-state index contributed by atoms with van der Waals surface area (Å²) in [4.78, 5) is 7.66. The number of hydrogen-bond acceptors (Lipinski definition) is 2. The van der Waals surface area contributed by atoms with Gasteiger partial charge in [-0.3, -0.25) is 4.99 Å². The lowest BCUT2D eigenvalue weighted by atomic mass is 10.1. The number of rotatable bonds is 6. The van der Waals surface area contributed by atoms with Gasteiger partial charge in [-0.1, -0.05) is 12.1 Å². The molecule has 126 valence electrons. The molecule has 1 heterocycles. The summed E-state index contributed by atoms with van der Waals surface area (Å²) < 4.78 is 0.200. The topological polar surface area (TPSA) is 52.2 Å². The molecule has 1 aromatic carbocycles. The molecule has 2 rings (SSSR count). The van der Waals surface area contributed by atoms with Crippen LogP contribution in [0, 0.1) is 6.92 Å². The molecule has 5 heteroatoms. The summed E-state index contributed by atoms with van der Waals surface area (Å²) in [6.45, 7) is 8.37. The second-order valence-electron chi connectivity index (χ2n) is 6.38. The lowest BCUT2D eigenvalue weighted by molar-refractivity contribution is 0.664. The number of H-pyrrole nitrogens is 1. The third-order valence-corrected chi connectivity index (χ3v) is 5.39. The second kappa shape index (κ2) is 7.77. The van der Waals surface area contributed by atoms with E-state index in [1.807, 2.05) is 18.8 Å². The SMILES string of the molecule is CN=C(NCCc1c[nH]c2cccc(C)c12)NCC(C)(C)SC. The Morgan fingerprint density at radius 1 is 1.30 bits per heavy atom. The molecule has 0 bridgehead atoms. The first-order valence-electron chi connectivity index (χ1n) is 8.02. The molecule has 23 heavy (non-hydrogen) atoms. The Kier molecular flexibility index (Phi) is 5.99. The Balaban J connectivity index is 1.90. The van der Waals surface area contributed by atoms with Crippen molar-refractivity contribution >= 4 is 28.6 Å². The van der Waals surface area contributed by atoms with Crippen molar-refractivity contribution in [3.63, 3.8) is 0 Å². The Labute approximate surface area is 143 Å². The maximum atomic E-state index is 4.30. The Hall–Kier alpha value is -1.62. The Morgan fingerprint density at radius 2 is 2.09 bits per heavy atom. The van der Waals surface area contributed by atoms with Crippen molar-refractivity contribution in [2.75, 3.05) is 26.4 Å². The number of aryl methyl sites for hydroxylation is 1. The maximum absolute atomic E-state index is 4.30. The fourth-order valence-corrected chi connectivity index (χ4v) is 2.77. The first kappa shape index (κ1) is 17.7. The molecule has 4 nitrogen and oxygen atoms in total. The first-order valence-corrected chi connectivity index (χ1v) is 9.24. The van der Waals surface area contributed by atoms with Gasteiger partial charge in [-0.15, -0.1) is 0 Å². The van der Waals surface area contributed by atoms with Crippen LogP contribution >= 0.6 is 11.8 Å². The minimum Gasteiger partial charge on any atom is -0.361 e. The zero-order valence-electron chi connectivity index (χ0n) is 14.8. The average molecular weight is 333 g/mol. The third kappa shape index (κ3) is 4.67. The fraction of sp³-hybridized carbons (Fsp3) is 0.500. The molecular weight excluding hydrogens is 304 g/mol. The molecule has 0 saturated carbocycles. The van der Waals surface area contributed by atoms with Crippen LogP contribution in [-0.4, -0.2) is 42.1 Å². The number of benzene rings is 1. The quantitative estimate of drug-likeness (QED) is 0.562. The number of hydrogen-bond donors (Lipinski definition) is 3. The highest BCUT2D eigenvalue weighted by molar-refractivity contribution is 7.99. The summed E-state index contributed by atoms with van der Waals surface area (Å²) in [5.41, 5.74) is 3.89. The van der Waals surface area contributed by atoms with Gasteiger partial charge in [0.25, 0.3) is 0 Å². The van der Waals surface area contributed by atoms with Crippen LogP contribution in [0.3, 0.4) is 0 Å². The van der Waals surface area contributed by atoms with E-state index in [0.717, 1.165) is 25.5 Å². The van der Waals surface area contributed by atoms with Gasteiger partial charge < -0.3 is 15.6 Å². The van der Waals surface area contributed by atoms with Crippen molar-refractivity contribution < 1.29 is 0 Å². The molecule has 0 atom stereocenters. The Morgan fingerprint density at radius 3 is 2.78 bits per heavy atom. The molecule has 2 aromatic rings. The van der Waals surface area contributed by atoms with Crippen molar-refractivity contribution in [1.29, 1.82) is 0 Å². The van der Waals surface area contributed by atoms with Crippen LogP contribution in [0.5, 0.6) is 0 Å². The van der Waals surface area contributed by atoms with Gasteiger partial charge in [0.15, 0.2) is 5.96 Å². The molecule has 3 N–H and O–H groups in total. The molecule has 0 aliphatic rings. The largest absolute Gasteiger partial charge is 0.361 e. The molecule has 0 unspecified atom stereocenters. The summed E-state index contributed by atoms with van der Waals surface area (Å²) in [5.74, 6) is 0.865. The van der Waals surface area contributed by atoms with Crippen LogP contribution in [0.4, 0.5) is 0 Å². The number of nitrogens with one attached hydrogen (secondary N) is 3. The predicted molar refractivity (Wildman–Crippen MR) is 104 cm³/mol. The molecular formula is C18H28N4S. The molecule has 0 aliphatic carbocycles. The molecule has 0 spiro atoms. The van der Waals surface area contributed by atoms with Gasteiger partial charge in [0.2, 0.25) is 0 Å². The summed E-state index contributed by atoms with van der Waals surface area (Å²) in [5, 5.41) is 8.15. The van der Waals surface area contributed by atoms with Crippen molar-refractivity contribution in [2.24, 2.45) is 4.99 Å². The van der Waals surface area contributed by atoms with Crippen LogP contribution < -0.4 is 10.6 Å². The number of aromatic amines is 1. The smallest absolute Gasteiger partial charge is 0.191 e. The van der Waals surface area contributed by atoms with E-state index in [-0.39, 0.29) is 4.75 Å². The molecule has 0 saturated heterocycles. The molecule has 0 fully saturated rings. The first-order chi connectivity index (χ1) is 11.0. The fourth-order valence-electron chi connectivity index (χ4n) is 2.55. The average Bonchev–Trinajstić information content (AvgIpc) is 2.95. The zero-order valence-corrected chi connectivity index (χ0v) is 15.6. The van der Waals surface area contributed by atoms with Crippen molar-refractivity contribution in [1.82, 2.24) is 15.6 Å². The van der Waals surface area contributed by atoms with Crippen LogP contribution in [0.15, 0.2) is 29.4 Å². The van der Waals surface area contributed by atoms with Crippen LogP contribution in [0.25, 0.3) is 10.9 Å². The van der Waals surface area contributed by atoms with E-state index in [4.69, 9.17) is 0 Å². The van der Waals surface area contributed by atoms with E-state index in [2.05, 4.69) is 72.0 Å². The van der Waals surface area contributed by atoms with E-state index in [9.17, 15) is 0 Å². The number of fused-ring (bicyclic) bond motifs is 1. The number of aliphatic imine (C=N–C) groups is 1. The van der Waals surface area contributed by atoms with Gasteiger partial charge in [-0.25, -0.2) is 0 Å². The lowest BCUT2D eigenvalue weighted by Gasteiger charge is -2.23. The van der Waals surface area contributed by atoms with Gasteiger partial charge in [0.1, 0.15) is 0 Å². The maximum Gasteiger partial charge on any atom is 0.191 e. The number of nitrogens with zero attached hydrogens (tertiary/aromatic N) is 1. The van der Waals surface area contributed by atoms with E-state index in [0.29, 0.717) is 0 Å². The van der Waals surface area contributed by atoms with Crippen LogP contribution in [0.1, 0.15) is 25.0 Å². The summed E-state index contributed by atoms with van der Waals surface area (Å²) >= 11 is 1.86. The summed E-state index contributed by atoms with van der Waals surface area (Å²) in [6.07, 6.45) is 5.22. The molecule has 0 aliphatic heterocycles. The van der Waals surface area contributed by atoms with Crippen molar-refractivity contribution in [3.05, 3.63) is 35.5 Å². The van der Waals surface area contributed by atoms with Gasteiger partial charge in [-0.2, -0.15) is 11.8 Å². The minimum atomic E-state index is 0.200. The molecule has 1 aromatic heterocycles. The van der Waals surface area contributed by atoms with Crippen molar-refractivity contribution in [3.8, 4) is 0 Å². The minimum absolute atomic E-state index is 0.200. The predicted octanol–water partition coefficient (Wildman–Crippen LogP) is 3.33. The molecule has 0 amide bonds. The van der Waals surface area contributed by atoms with Gasteiger partial charge in [0, 0.05) is 42.0 Å². The van der Waals surface area contributed by atoms with E-state index < -0.39 is 0 Å². The van der Waals surface area contributed by atoms with Gasteiger partial charge >= 0.3 is 0 Å². The zero-order chi connectivity index (χ0) is 16.9. The highest BCUT2D eigenvalue weighted by Gasteiger charge is 2.16. The van der Waals surface area contributed by atoms with E-state index >= 15 is 0 Å². The Bertz CT molecular complexity index is 673. The standard InChI is InChI=1S/C18H28N4S/c1-13-7-6-8-15-16(13)14(11-21-15)9-10-20-17(19-4)22-12-18(2,3)23-5/h6-8,11,21H,9-10,12H2,1-5H3,(H2,19,20,22). The second-order valence-corrected chi connectivity index (χ2v) is 7.89. The van der Waals surface area contributed by atoms with Crippen LogP contribution in [0.2, 0.25) is 0 Å². The van der Waals surface area contributed by atoms with Gasteiger partial charge in [-0.05, 0) is 50.6 Å². The summed E-state index contributed by atoms with van der Waals surface area (Å²) in [6, 6.07) is 6.39. The number of aromatic nitrogens is 1. The van der Waals surface area contributed by atoms with Crippen molar-refractivity contribution in [2.45, 2.75) is 31.9 Å². The highest BCUT2D eigenvalue weighted by atomic mass is 32.2. The van der Waals surface area contributed by atoms with Gasteiger partial charge in [0.05, 0.1) is 0 Å². The van der Waals surface area contributed by atoms with E-state index in [1.54, 1.807) is 0 Å². The van der Waals surface area contributed by atoms with Crippen LogP contribution in [-0.2, 0) is 6.42 Å². The molecule has 0 radical (unpaired) electrons. The normalized spacial score (nSPS) is 12.7. The monoisotopic (exact) mass is 332 g/mol. The third-order valence-electron chi connectivity index (χ3n) is 4.14.